The predicted molar refractivity (Wildman–Crippen MR) is 83.1 cm³/mol. The molecule has 2 rings (SSSR count). The Hall–Kier alpha value is -2.48. The van der Waals surface area contributed by atoms with Crippen LogP contribution in [0.5, 0.6) is 0 Å². The number of nitrogens with one attached hydrogen (secondary N) is 2. The number of fused-ring (bicyclic) bond motifs is 1. The molecule has 23 heavy (non-hydrogen) atoms. The Morgan fingerprint density at radius 3 is 2.65 bits per heavy atom. The number of carboxylic acid groups (broad SMARTS) is 1. The van der Waals surface area contributed by atoms with E-state index in [1.54, 1.807) is 18.2 Å². The minimum absolute atomic E-state index is 0.185. The molecule has 0 spiro atoms. The van der Waals surface area contributed by atoms with Crippen LogP contribution in [-0.4, -0.2) is 50.6 Å². The lowest BCUT2D eigenvalue weighted by atomic mass is 10.1. The average molecular weight is 320 g/mol. The number of nitrogens with zero attached hydrogens (tertiary/aromatic N) is 2. The molecule has 0 saturated carbocycles. The van der Waals surface area contributed by atoms with Crippen LogP contribution in [0.25, 0.3) is 11.0 Å². The van der Waals surface area contributed by atoms with Crippen molar-refractivity contribution in [3.63, 3.8) is 0 Å². The molecule has 1 aromatic carbocycles. The number of H-pyrrole nitrogens is 1. The van der Waals surface area contributed by atoms with E-state index in [1.165, 1.54) is 0 Å². The van der Waals surface area contributed by atoms with Crippen molar-refractivity contribution in [3.8, 4) is 0 Å². The molecule has 1 aromatic heterocycles. The highest BCUT2D eigenvalue weighted by Gasteiger charge is 2.22. The maximum Gasteiger partial charge on any atom is 0.326 e. The Morgan fingerprint density at radius 1 is 1.30 bits per heavy atom. The fourth-order valence-corrected chi connectivity index (χ4v) is 1.96. The molecule has 0 saturated heterocycles. The lowest BCUT2D eigenvalue weighted by molar-refractivity contribution is -0.140. The van der Waals surface area contributed by atoms with Gasteiger partial charge in [0.25, 0.3) is 5.91 Å². The van der Waals surface area contributed by atoms with E-state index in [2.05, 4.69) is 20.7 Å². The summed E-state index contributed by atoms with van der Waals surface area (Å²) in [4.78, 5) is 23.5. The van der Waals surface area contributed by atoms with Crippen LogP contribution in [0.2, 0.25) is 0 Å². The van der Waals surface area contributed by atoms with E-state index in [-0.39, 0.29) is 18.6 Å². The van der Waals surface area contributed by atoms with E-state index < -0.39 is 17.9 Å². The summed E-state index contributed by atoms with van der Waals surface area (Å²) in [6.45, 7) is 5.89. The normalized spacial score (nSPS) is 13.0. The zero-order valence-corrected chi connectivity index (χ0v) is 13.3. The lowest BCUT2D eigenvalue weighted by Gasteiger charge is -2.21. The molecule has 8 heteroatoms. The number of carbonyl (C=O) groups is 2. The van der Waals surface area contributed by atoms with Crippen molar-refractivity contribution in [2.45, 2.75) is 38.8 Å². The molecule has 0 bridgehead atoms. The van der Waals surface area contributed by atoms with Crippen LogP contribution >= 0.6 is 0 Å². The van der Waals surface area contributed by atoms with E-state index in [4.69, 9.17) is 4.74 Å². The Balaban J connectivity index is 2.00. The Labute approximate surface area is 133 Å². The van der Waals surface area contributed by atoms with E-state index in [0.29, 0.717) is 16.6 Å². The molecule has 8 nitrogen and oxygen atoms in total. The predicted octanol–water partition coefficient (Wildman–Crippen LogP) is 1.35. The smallest absolute Gasteiger partial charge is 0.326 e. The Bertz CT molecular complexity index is 705. The van der Waals surface area contributed by atoms with Crippen LogP contribution < -0.4 is 5.32 Å². The van der Waals surface area contributed by atoms with Crippen LogP contribution in [-0.2, 0) is 9.53 Å². The quantitative estimate of drug-likeness (QED) is 0.739. The fraction of sp³-hybridized carbons (Fsp3) is 0.467. The number of hydrogen-bond acceptors (Lipinski definition) is 5. The largest absolute Gasteiger partial charge is 0.480 e. The summed E-state index contributed by atoms with van der Waals surface area (Å²) in [6, 6.07) is 3.76. The molecular formula is C15H20N4O4. The Morgan fingerprint density at radius 2 is 2.00 bits per heavy atom. The van der Waals surface area contributed by atoms with Crippen molar-refractivity contribution in [1.82, 2.24) is 20.7 Å². The highest BCUT2D eigenvalue weighted by molar-refractivity contribution is 5.99. The number of carbonyl (C=O) groups excluding carboxylic acids is 1. The van der Waals surface area contributed by atoms with Gasteiger partial charge in [-0.05, 0) is 39.0 Å². The first-order chi connectivity index (χ1) is 10.8. The molecule has 0 fully saturated rings. The van der Waals surface area contributed by atoms with Gasteiger partial charge in [0.2, 0.25) is 0 Å². The van der Waals surface area contributed by atoms with Gasteiger partial charge < -0.3 is 15.2 Å². The van der Waals surface area contributed by atoms with Gasteiger partial charge >= 0.3 is 5.97 Å². The zero-order valence-electron chi connectivity index (χ0n) is 13.3. The van der Waals surface area contributed by atoms with Gasteiger partial charge in [-0.2, -0.15) is 15.4 Å². The van der Waals surface area contributed by atoms with Crippen molar-refractivity contribution in [2.75, 3.05) is 6.61 Å². The zero-order chi connectivity index (χ0) is 17.0. The number of hydrogen-bond donors (Lipinski definition) is 3. The number of ether oxygens (including phenoxy) is 1. The third-order valence-electron chi connectivity index (χ3n) is 3.12. The van der Waals surface area contributed by atoms with E-state index in [0.717, 1.165) is 0 Å². The van der Waals surface area contributed by atoms with Crippen LogP contribution in [0.15, 0.2) is 18.2 Å². The van der Waals surface area contributed by atoms with Gasteiger partial charge in [0.05, 0.1) is 5.60 Å². The summed E-state index contributed by atoms with van der Waals surface area (Å²) in [5, 5.41) is 22.0. The van der Waals surface area contributed by atoms with E-state index >= 15 is 0 Å². The molecule has 1 heterocycles. The summed E-state index contributed by atoms with van der Waals surface area (Å²) in [6.07, 6.45) is 0.185. The summed E-state index contributed by atoms with van der Waals surface area (Å²) < 4.78 is 5.51. The topological polar surface area (TPSA) is 117 Å². The Kier molecular flexibility index (Phi) is 4.95. The van der Waals surface area contributed by atoms with Gasteiger partial charge in [-0.15, -0.1) is 0 Å². The van der Waals surface area contributed by atoms with Crippen molar-refractivity contribution in [2.24, 2.45) is 0 Å². The number of rotatable bonds is 6. The SMILES string of the molecule is CC(C)(C)OCCC(NC(=O)c1ccc2n[nH]nc2c1)C(=O)O. The van der Waals surface area contributed by atoms with Crippen molar-refractivity contribution < 1.29 is 19.4 Å². The summed E-state index contributed by atoms with van der Waals surface area (Å²) >= 11 is 0. The second-order valence-corrected chi connectivity index (χ2v) is 6.14. The van der Waals surface area contributed by atoms with Gasteiger partial charge in [-0.1, -0.05) is 0 Å². The second kappa shape index (κ2) is 6.74. The molecule has 0 aliphatic heterocycles. The number of carboxylic acids is 1. The van der Waals surface area contributed by atoms with Gasteiger partial charge in [0.1, 0.15) is 17.1 Å². The van der Waals surface area contributed by atoms with E-state index in [1.807, 2.05) is 20.8 Å². The third kappa shape index (κ3) is 4.75. The number of aliphatic carboxylic acids is 1. The minimum Gasteiger partial charge on any atom is -0.480 e. The second-order valence-electron chi connectivity index (χ2n) is 6.14. The molecule has 0 radical (unpaired) electrons. The molecular weight excluding hydrogens is 300 g/mol. The van der Waals surface area contributed by atoms with Crippen molar-refractivity contribution in [1.29, 1.82) is 0 Å². The van der Waals surface area contributed by atoms with Crippen molar-refractivity contribution >= 4 is 22.9 Å². The fourth-order valence-electron chi connectivity index (χ4n) is 1.96. The molecule has 0 aliphatic rings. The maximum atomic E-state index is 12.2. The summed E-state index contributed by atoms with van der Waals surface area (Å²) in [5.74, 6) is -1.57. The van der Waals surface area contributed by atoms with Crippen LogP contribution in [0.3, 0.4) is 0 Å². The first-order valence-electron chi connectivity index (χ1n) is 7.24. The number of amides is 1. The first kappa shape index (κ1) is 16.9. The number of aromatic amines is 1. The standard InChI is InChI=1S/C15H20N4O4/c1-15(2,3)23-7-6-11(14(21)22)16-13(20)9-4-5-10-12(8-9)18-19-17-10/h4-5,8,11H,6-7H2,1-3H3,(H,16,20)(H,21,22)(H,17,18,19). The first-order valence-corrected chi connectivity index (χ1v) is 7.24. The average Bonchev–Trinajstić information content (AvgIpc) is 2.91. The van der Waals surface area contributed by atoms with Gasteiger partial charge in [0.15, 0.2) is 0 Å². The molecule has 1 atom stereocenters. The lowest BCUT2D eigenvalue weighted by Crippen LogP contribution is -2.42. The molecule has 124 valence electrons. The van der Waals surface area contributed by atoms with Gasteiger partial charge in [-0.3, -0.25) is 4.79 Å². The number of aromatic nitrogens is 3. The van der Waals surface area contributed by atoms with Gasteiger partial charge in [0, 0.05) is 18.6 Å². The van der Waals surface area contributed by atoms with Crippen molar-refractivity contribution in [3.05, 3.63) is 23.8 Å². The maximum absolute atomic E-state index is 12.2. The van der Waals surface area contributed by atoms with Crippen LogP contribution in [0, 0.1) is 0 Å². The van der Waals surface area contributed by atoms with Gasteiger partial charge in [-0.25, -0.2) is 4.79 Å². The molecule has 1 amide bonds. The molecule has 1 unspecified atom stereocenters. The van der Waals surface area contributed by atoms with Crippen LogP contribution in [0.4, 0.5) is 0 Å². The molecule has 0 aliphatic carbocycles. The molecule has 3 N–H and O–H groups in total. The minimum atomic E-state index is -1.10. The number of benzene rings is 1. The summed E-state index contributed by atoms with van der Waals surface area (Å²) in [5.41, 5.74) is 1.15. The highest BCUT2D eigenvalue weighted by Crippen LogP contribution is 2.12. The monoisotopic (exact) mass is 320 g/mol. The third-order valence-corrected chi connectivity index (χ3v) is 3.12. The highest BCUT2D eigenvalue weighted by atomic mass is 16.5. The summed E-state index contributed by atoms with van der Waals surface area (Å²) in [7, 11) is 0. The van der Waals surface area contributed by atoms with E-state index in [9.17, 15) is 14.7 Å². The van der Waals surface area contributed by atoms with Crippen LogP contribution in [0.1, 0.15) is 37.6 Å². The molecule has 2 aromatic rings.